The first-order chi connectivity index (χ1) is 10.2. The Bertz CT molecular complexity index is 479. The fraction of sp³-hybridized carbons (Fsp3) is 0.500. The summed E-state index contributed by atoms with van der Waals surface area (Å²) in [6.07, 6.45) is -6.61. The van der Waals surface area contributed by atoms with Crippen LogP contribution in [0.3, 0.4) is 0 Å². The lowest BCUT2D eigenvalue weighted by molar-refractivity contribution is -0.184. The maximum atomic E-state index is 13.4. The molecular weight excluding hydrogens is 330 g/mol. The number of halogens is 6. The van der Waals surface area contributed by atoms with E-state index in [1.807, 2.05) is 0 Å². The SMILES string of the molecule is O=C(SCCC(F)(F)C(F)C(F)(F)CCF)c1ccccc1. The summed E-state index contributed by atoms with van der Waals surface area (Å²) >= 11 is 0.493. The van der Waals surface area contributed by atoms with Gasteiger partial charge < -0.3 is 0 Å². The van der Waals surface area contributed by atoms with E-state index in [2.05, 4.69) is 0 Å². The number of hydrogen-bond donors (Lipinski definition) is 0. The summed E-state index contributed by atoms with van der Waals surface area (Å²) in [6.45, 7) is -1.59. The van der Waals surface area contributed by atoms with Crippen molar-refractivity contribution in [3.8, 4) is 0 Å². The molecule has 0 saturated heterocycles. The number of thioether (sulfide) groups is 1. The molecule has 0 bridgehead atoms. The zero-order chi connectivity index (χ0) is 16.8. The van der Waals surface area contributed by atoms with Gasteiger partial charge in [-0.1, -0.05) is 42.1 Å². The van der Waals surface area contributed by atoms with Crippen LogP contribution in [0.25, 0.3) is 0 Å². The highest BCUT2D eigenvalue weighted by atomic mass is 32.2. The van der Waals surface area contributed by atoms with Crippen LogP contribution in [0.2, 0.25) is 0 Å². The predicted octanol–water partition coefficient (Wildman–Crippen LogP) is 4.92. The molecule has 0 N–H and O–H groups in total. The van der Waals surface area contributed by atoms with E-state index in [4.69, 9.17) is 0 Å². The van der Waals surface area contributed by atoms with Gasteiger partial charge in [0.05, 0.1) is 6.67 Å². The molecule has 1 aromatic rings. The summed E-state index contributed by atoms with van der Waals surface area (Å²) in [6, 6.07) is 7.77. The molecule has 0 spiro atoms. The average molecular weight is 344 g/mol. The van der Waals surface area contributed by atoms with Crippen molar-refractivity contribution >= 4 is 16.9 Å². The van der Waals surface area contributed by atoms with Crippen LogP contribution in [0.15, 0.2) is 30.3 Å². The molecule has 1 nitrogen and oxygen atoms in total. The van der Waals surface area contributed by atoms with Crippen molar-refractivity contribution in [2.45, 2.75) is 30.9 Å². The van der Waals surface area contributed by atoms with E-state index in [-0.39, 0.29) is 5.56 Å². The molecule has 0 aromatic heterocycles. The highest BCUT2D eigenvalue weighted by molar-refractivity contribution is 8.14. The second kappa shape index (κ2) is 7.89. The largest absolute Gasteiger partial charge is 0.287 e. The molecule has 1 unspecified atom stereocenters. The minimum Gasteiger partial charge on any atom is -0.282 e. The van der Waals surface area contributed by atoms with Gasteiger partial charge in [0.25, 0.3) is 11.8 Å². The lowest BCUT2D eigenvalue weighted by atomic mass is 10.0. The third-order valence-corrected chi connectivity index (χ3v) is 3.75. The molecule has 1 rings (SSSR count). The van der Waals surface area contributed by atoms with Gasteiger partial charge in [-0.3, -0.25) is 9.18 Å². The number of rotatable bonds is 8. The van der Waals surface area contributed by atoms with Crippen molar-refractivity contribution in [2.75, 3.05) is 12.4 Å². The summed E-state index contributed by atoms with van der Waals surface area (Å²) in [5.74, 6) is -9.29. The van der Waals surface area contributed by atoms with Gasteiger partial charge in [-0.25, -0.2) is 22.0 Å². The monoisotopic (exact) mass is 344 g/mol. The summed E-state index contributed by atoms with van der Waals surface area (Å²) in [5.41, 5.74) is 0.273. The third kappa shape index (κ3) is 5.23. The van der Waals surface area contributed by atoms with Gasteiger partial charge in [-0.05, 0) is 0 Å². The van der Waals surface area contributed by atoms with Gasteiger partial charge >= 0.3 is 0 Å². The second-order valence-corrected chi connectivity index (χ2v) is 5.64. The van der Waals surface area contributed by atoms with Gasteiger partial charge in [0.15, 0.2) is 0 Å². The normalized spacial score (nSPS) is 13.9. The Kier molecular flexibility index (Phi) is 6.77. The number of benzene rings is 1. The molecule has 0 fully saturated rings. The van der Waals surface area contributed by atoms with E-state index in [9.17, 15) is 31.1 Å². The van der Waals surface area contributed by atoms with Gasteiger partial charge in [0.2, 0.25) is 11.3 Å². The van der Waals surface area contributed by atoms with Crippen LogP contribution in [0.5, 0.6) is 0 Å². The zero-order valence-corrected chi connectivity index (χ0v) is 12.2. The van der Waals surface area contributed by atoms with E-state index in [0.29, 0.717) is 11.8 Å². The van der Waals surface area contributed by atoms with Crippen molar-refractivity contribution in [2.24, 2.45) is 0 Å². The topological polar surface area (TPSA) is 17.1 Å². The summed E-state index contributed by atoms with van der Waals surface area (Å²) < 4.78 is 77.8. The molecule has 0 aliphatic rings. The molecule has 0 aliphatic heterocycles. The Balaban J connectivity index is 2.53. The van der Waals surface area contributed by atoms with Crippen molar-refractivity contribution in [3.05, 3.63) is 35.9 Å². The van der Waals surface area contributed by atoms with Crippen LogP contribution in [0.1, 0.15) is 23.2 Å². The van der Waals surface area contributed by atoms with Gasteiger partial charge in [-0.15, -0.1) is 0 Å². The molecule has 0 saturated carbocycles. The highest BCUT2D eigenvalue weighted by Gasteiger charge is 2.54. The van der Waals surface area contributed by atoms with Crippen LogP contribution in [-0.4, -0.2) is 35.6 Å². The van der Waals surface area contributed by atoms with Gasteiger partial charge in [0, 0.05) is 24.2 Å². The first-order valence-electron chi connectivity index (χ1n) is 6.38. The smallest absolute Gasteiger partial charge is 0.282 e. The third-order valence-electron chi connectivity index (χ3n) is 2.85. The van der Waals surface area contributed by atoms with E-state index in [0.717, 1.165) is 0 Å². The first-order valence-corrected chi connectivity index (χ1v) is 7.37. The lowest BCUT2D eigenvalue weighted by Crippen LogP contribution is -2.45. The Morgan fingerprint density at radius 3 is 2.14 bits per heavy atom. The molecule has 0 aliphatic carbocycles. The van der Waals surface area contributed by atoms with E-state index < -0.39 is 48.4 Å². The molecule has 124 valence electrons. The minimum absolute atomic E-state index is 0.273. The van der Waals surface area contributed by atoms with Crippen LogP contribution in [0.4, 0.5) is 26.3 Å². The van der Waals surface area contributed by atoms with Gasteiger partial charge in [-0.2, -0.15) is 0 Å². The van der Waals surface area contributed by atoms with E-state index in [1.165, 1.54) is 12.1 Å². The summed E-state index contributed by atoms with van der Waals surface area (Å²) in [4.78, 5) is 11.6. The molecule has 0 amide bonds. The van der Waals surface area contributed by atoms with Crippen LogP contribution < -0.4 is 0 Å². The number of alkyl halides is 6. The molecule has 1 atom stereocenters. The fourth-order valence-electron chi connectivity index (χ4n) is 1.63. The molecule has 22 heavy (non-hydrogen) atoms. The maximum absolute atomic E-state index is 13.4. The quantitative estimate of drug-likeness (QED) is 0.623. The highest BCUT2D eigenvalue weighted by Crippen LogP contribution is 2.38. The van der Waals surface area contributed by atoms with Gasteiger partial charge in [0.1, 0.15) is 0 Å². The lowest BCUT2D eigenvalue weighted by Gasteiger charge is -2.26. The summed E-state index contributed by atoms with van der Waals surface area (Å²) in [5, 5.41) is -0.512. The van der Waals surface area contributed by atoms with Crippen molar-refractivity contribution < 1.29 is 31.1 Å². The standard InChI is InChI=1S/C14H14F6OS/c15-8-6-13(17,18)12(16)14(19,20)7-9-22-11(21)10-4-2-1-3-5-10/h1-5,12H,6-9H2. The molecular formula is C14H14F6OS. The molecule has 8 heteroatoms. The molecule has 0 radical (unpaired) electrons. The maximum Gasteiger partial charge on any atom is 0.287 e. The number of carbonyl (C=O) groups is 1. The van der Waals surface area contributed by atoms with Crippen molar-refractivity contribution in [3.63, 3.8) is 0 Å². The van der Waals surface area contributed by atoms with Crippen LogP contribution >= 0.6 is 11.8 Å². The van der Waals surface area contributed by atoms with Crippen LogP contribution in [-0.2, 0) is 0 Å². The van der Waals surface area contributed by atoms with E-state index in [1.54, 1.807) is 18.2 Å². The Hall–Kier alpha value is -1.18. The zero-order valence-electron chi connectivity index (χ0n) is 11.4. The Labute approximate surface area is 128 Å². The average Bonchev–Trinajstić information content (AvgIpc) is 2.47. The Morgan fingerprint density at radius 1 is 1.05 bits per heavy atom. The number of hydrogen-bond acceptors (Lipinski definition) is 2. The van der Waals surface area contributed by atoms with Crippen LogP contribution in [0, 0.1) is 0 Å². The fourth-order valence-corrected chi connectivity index (χ4v) is 2.49. The Morgan fingerprint density at radius 2 is 1.59 bits per heavy atom. The van der Waals surface area contributed by atoms with Crippen molar-refractivity contribution in [1.82, 2.24) is 0 Å². The number of carbonyl (C=O) groups excluding carboxylic acids is 1. The van der Waals surface area contributed by atoms with Crippen molar-refractivity contribution in [1.29, 1.82) is 0 Å². The second-order valence-electron chi connectivity index (χ2n) is 4.58. The van der Waals surface area contributed by atoms with E-state index >= 15 is 0 Å². The molecule has 0 heterocycles. The first kappa shape index (κ1) is 18.9. The molecule has 1 aromatic carbocycles. The summed E-state index contributed by atoms with van der Waals surface area (Å²) in [7, 11) is 0. The predicted molar refractivity (Wildman–Crippen MR) is 73.2 cm³/mol. The minimum atomic E-state index is -4.44.